The highest BCUT2D eigenvalue weighted by molar-refractivity contribution is 8.00. The lowest BCUT2D eigenvalue weighted by Gasteiger charge is -2.09. The Labute approximate surface area is 210 Å². The molecule has 0 saturated heterocycles. The quantitative estimate of drug-likeness (QED) is 0.113. The molecule has 0 N–H and O–H groups in total. The van der Waals surface area contributed by atoms with Gasteiger partial charge in [-0.15, -0.1) is 23.5 Å². The third-order valence-corrected chi connectivity index (χ3v) is 8.50. The maximum Gasteiger partial charge on any atom is 0.00858 e. The Morgan fingerprint density at radius 2 is 0.781 bits per heavy atom. The van der Waals surface area contributed by atoms with E-state index in [1.165, 1.54) is 142 Å². The molecule has 0 fully saturated rings. The molecule has 1 aromatic carbocycles. The van der Waals surface area contributed by atoms with E-state index in [0.717, 1.165) is 6.42 Å². The Balaban J connectivity index is 2.13. The van der Waals surface area contributed by atoms with Gasteiger partial charge in [-0.2, -0.15) is 0 Å². The number of rotatable bonds is 23. The van der Waals surface area contributed by atoms with Crippen LogP contribution in [0.15, 0.2) is 28.0 Å². The molecular weight excluding hydrogens is 424 g/mol. The molecule has 32 heavy (non-hydrogen) atoms. The van der Waals surface area contributed by atoms with Gasteiger partial charge < -0.3 is 0 Å². The molecule has 0 atom stereocenters. The van der Waals surface area contributed by atoms with Crippen LogP contribution in [0.3, 0.4) is 0 Å². The van der Waals surface area contributed by atoms with E-state index in [2.05, 4.69) is 62.5 Å². The molecule has 0 aliphatic rings. The van der Waals surface area contributed by atoms with Gasteiger partial charge in [-0.1, -0.05) is 124 Å². The van der Waals surface area contributed by atoms with Gasteiger partial charge in [-0.3, -0.25) is 0 Å². The number of aryl methyl sites for hydroxylation is 1. The molecule has 0 nitrogen and oxygen atoms in total. The van der Waals surface area contributed by atoms with E-state index in [9.17, 15) is 0 Å². The van der Waals surface area contributed by atoms with Gasteiger partial charge in [0.15, 0.2) is 0 Å². The van der Waals surface area contributed by atoms with Crippen LogP contribution >= 0.6 is 23.5 Å². The number of benzene rings is 1. The third kappa shape index (κ3) is 17.4. The Bertz CT molecular complexity index is 483. The van der Waals surface area contributed by atoms with Crippen molar-refractivity contribution in [3.8, 4) is 0 Å². The van der Waals surface area contributed by atoms with Gasteiger partial charge in [-0.25, -0.2) is 0 Å². The molecule has 186 valence electrons. The van der Waals surface area contributed by atoms with Crippen molar-refractivity contribution in [3.63, 3.8) is 0 Å². The van der Waals surface area contributed by atoms with Crippen molar-refractivity contribution >= 4 is 23.5 Å². The van der Waals surface area contributed by atoms with Crippen LogP contribution < -0.4 is 0 Å². The number of hydrogen-bond donors (Lipinski definition) is 0. The molecule has 0 bridgehead atoms. The maximum atomic E-state index is 2.45. The summed E-state index contributed by atoms with van der Waals surface area (Å²) in [5.74, 6) is 2.57. The van der Waals surface area contributed by atoms with Gasteiger partial charge in [0.2, 0.25) is 0 Å². The fourth-order valence-corrected chi connectivity index (χ4v) is 6.34. The summed E-state index contributed by atoms with van der Waals surface area (Å²) in [5, 5.41) is 0. The molecule has 0 aromatic heterocycles. The molecule has 1 rings (SSSR count). The maximum absolute atomic E-state index is 2.45. The van der Waals surface area contributed by atoms with Gasteiger partial charge in [0, 0.05) is 9.79 Å². The van der Waals surface area contributed by atoms with Gasteiger partial charge in [0.05, 0.1) is 0 Å². The SMILES string of the molecule is CCCCCCCCCCCSc1cc(CC)cc(SCCCCCCCCCCC)c1. The van der Waals surface area contributed by atoms with Gasteiger partial charge in [0.1, 0.15) is 0 Å². The first-order valence-corrected chi connectivity index (χ1v) is 16.2. The average Bonchev–Trinajstić information content (AvgIpc) is 2.81. The molecule has 0 heterocycles. The van der Waals surface area contributed by atoms with Crippen molar-refractivity contribution in [2.45, 2.75) is 153 Å². The summed E-state index contributed by atoms with van der Waals surface area (Å²) in [7, 11) is 0. The Hall–Kier alpha value is -0.0800. The topological polar surface area (TPSA) is 0 Å². The van der Waals surface area contributed by atoms with E-state index in [4.69, 9.17) is 0 Å². The van der Waals surface area contributed by atoms with Crippen molar-refractivity contribution in [2.24, 2.45) is 0 Å². The monoisotopic (exact) mass is 478 g/mol. The zero-order valence-electron chi connectivity index (χ0n) is 21.9. The van der Waals surface area contributed by atoms with Crippen molar-refractivity contribution in [2.75, 3.05) is 11.5 Å². The molecule has 0 radical (unpaired) electrons. The normalized spacial score (nSPS) is 11.3. The summed E-state index contributed by atoms with van der Waals surface area (Å²) in [4.78, 5) is 3.00. The molecule has 1 aromatic rings. The van der Waals surface area contributed by atoms with E-state index in [-0.39, 0.29) is 0 Å². The average molecular weight is 479 g/mol. The summed E-state index contributed by atoms with van der Waals surface area (Å²) in [6.07, 6.45) is 26.7. The highest BCUT2D eigenvalue weighted by Crippen LogP contribution is 2.29. The van der Waals surface area contributed by atoms with Crippen LogP contribution in [-0.2, 0) is 6.42 Å². The number of hydrogen-bond acceptors (Lipinski definition) is 2. The van der Waals surface area contributed by atoms with Gasteiger partial charge in [0.25, 0.3) is 0 Å². The van der Waals surface area contributed by atoms with E-state index in [1.54, 1.807) is 0 Å². The van der Waals surface area contributed by atoms with E-state index in [1.807, 2.05) is 0 Å². The number of thioether (sulfide) groups is 2. The third-order valence-electron chi connectivity index (χ3n) is 6.38. The van der Waals surface area contributed by atoms with Crippen LogP contribution in [0.4, 0.5) is 0 Å². The Kier molecular flexibility index (Phi) is 21.2. The predicted molar refractivity (Wildman–Crippen MR) is 152 cm³/mol. The highest BCUT2D eigenvalue weighted by atomic mass is 32.2. The molecule has 2 heteroatoms. The molecule has 0 unspecified atom stereocenters. The molecular formula is C30H54S2. The zero-order chi connectivity index (χ0) is 23.1. The fraction of sp³-hybridized carbons (Fsp3) is 0.800. The van der Waals surface area contributed by atoms with Crippen LogP contribution in [0.2, 0.25) is 0 Å². The number of unbranched alkanes of at least 4 members (excludes halogenated alkanes) is 16. The molecule has 0 aliphatic carbocycles. The van der Waals surface area contributed by atoms with E-state index >= 15 is 0 Å². The lowest BCUT2D eigenvalue weighted by atomic mass is 10.1. The summed E-state index contributed by atoms with van der Waals surface area (Å²) >= 11 is 4.17. The van der Waals surface area contributed by atoms with Crippen molar-refractivity contribution in [1.29, 1.82) is 0 Å². The first-order valence-electron chi connectivity index (χ1n) is 14.2. The Morgan fingerprint density at radius 3 is 1.12 bits per heavy atom. The molecule has 0 saturated carbocycles. The second kappa shape index (κ2) is 22.7. The lowest BCUT2D eigenvalue weighted by Crippen LogP contribution is -1.88. The first-order chi connectivity index (χ1) is 15.8. The molecule has 0 spiro atoms. The standard InChI is InChI=1S/C30H54S2/c1-4-7-9-11-13-15-17-19-21-23-31-29-25-28(6-3)26-30(27-29)32-24-22-20-18-16-14-12-10-8-5-2/h25-27H,4-24H2,1-3H3. The smallest absolute Gasteiger partial charge is 0.00858 e. The predicted octanol–water partition coefficient (Wildman–Crippen LogP) is 11.5. The van der Waals surface area contributed by atoms with E-state index in [0.29, 0.717) is 0 Å². The second-order valence-corrected chi connectivity index (χ2v) is 11.9. The second-order valence-electron chi connectivity index (χ2n) is 9.52. The minimum Gasteiger partial charge on any atom is -0.126 e. The van der Waals surface area contributed by atoms with Crippen LogP contribution in [0.1, 0.15) is 142 Å². The fourth-order valence-electron chi connectivity index (χ4n) is 4.21. The minimum atomic E-state index is 1.15. The summed E-state index contributed by atoms with van der Waals surface area (Å²) < 4.78 is 0. The van der Waals surface area contributed by atoms with Gasteiger partial charge >= 0.3 is 0 Å². The summed E-state index contributed by atoms with van der Waals surface area (Å²) in [6.45, 7) is 6.89. The largest absolute Gasteiger partial charge is 0.126 e. The molecule has 0 aliphatic heterocycles. The van der Waals surface area contributed by atoms with Crippen LogP contribution in [-0.4, -0.2) is 11.5 Å². The van der Waals surface area contributed by atoms with Crippen LogP contribution in [0, 0.1) is 0 Å². The minimum absolute atomic E-state index is 1.15. The zero-order valence-corrected chi connectivity index (χ0v) is 23.5. The van der Waals surface area contributed by atoms with Crippen LogP contribution in [0.5, 0.6) is 0 Å². The molecule has 0 amide bonds. The van der Waals surface area contributed by atoms with Gasteiger partial charge in [-0.05, 0) is 54.5 Å². The lowest BCUT2D eigenvalue weighted by molar-refractivity contribution is 0.573. The highest BCUT2D eigenvalue weighted by Gasteiger charge is 2.03. The van der Waals surface area contributed by atoms with E-state index < -0.39 is 0 Å². The summed E-state index contributed by atoms with van der Waals surface area (Å²) in [6, 6.07) is 7.32. The van der Waals surface area contributed by atoms with Crippen molar-refractivity contribution in [1.82, 2.24) is 0 Å². The van der Waals surface area contributed by atoms with Crippen molar-refractivity contribution < 1.29 is 0 Å². The summed E-state index contributed by atoms with van der Waals surface area (Å²) in [5.41, 5.74) is 1.51. The Morgan fingerprint density at radius 1 is 0.438 bits per heavy atom. The van der Waals surface area contributed by atoms with Crippen molar-refractivity contribution in [3.05, 3.63) is 23.8 Å². The first kappa shape index (κ1) is 30.0. The van der Waals surface area contributed by atoms with Crippen LogP contribution in [0.25, 0.3) is 0 Å².